The molecule has 7 heteroatoms. The van der Waals surface area contributed by atoms with Crippen molar-refractivity contribution in [3.05, 3.63) is 42.7 Å². The summed E-state index contributed by atoms with van der Waals surface area (Å²) >= 11 is 0. The largest absolute Gasteiger partial charge is 0.396 e. The minimum absolute atomic E-state index is 0.0372. The zero-order valence-corrected chi connectivity index (χ0v) is 11.0. The molecular formula is C12H14FN3O2S. The standard InChI is InChI=1S/C12H14FN3O2S/c13-11-8-10(2-3-12(11)14)19(17,18)7-1-5-16-6-4-15-9-16/h2-4,6,8-9H,1,5,7,14H2. The Balaban J connectivity index is 2.03. The molecule has 2 aromatic rings. The molecule has 19 heavy (non-hydrogen) atoms. The third-order valence-electron chi connectivity index (χ3n) is 2.72. The lowest BCUT2D eigenvalue weighted by molar-refractivity contribution is 0.583. The molecule has 0 spiro atoms. The van der Waals surface area contributed by atoms with Crippen molar-refractivity contribution in [2.75, 3.05) is 11.5 Å². The first-order valence-corrected chi connectivity index (χ1v) is 7.38. The Morgan fingerprint density at radius 1 is 1.37 bits per heavy atom. The molecular weight excluding hydrogens is 269 g/mol. The van der Waals surface area contributed by atoms with E-state index in [-0.39, 0.29) is 16.3 Å². The van der Waals surface area contributed by atoms with Gasteiger partial charge in [-0.05, 0) is 24.6 Å². The zero-order valence-electron chi connectivity index (χ0n) is 10.2. The molecule has 0 unspecified atom stereocenters. The maximum atomic E-state index is 13.3. The molecule has 0 amide bonds. The van der Waals surface area contributed by atoms with Gasteiger partial charge in [-0.3, -0.25) is 0 Å². The number of hydrogen-bond donors (Lipinski definition) is 1. The summed E-state index contributed by atoms with van der Waals surface area (Å²) in [6.45, 7) is 0.552. The maximum absolute atomic E-state index is 13.3. The summed E-state index contributed by atoms with van der Waals surface area (Å²) in [6, 6.07) is 3.55. The van der Waals surface area contributed by atoms with E-state index in [1.54, 1.807) is 23.3 Å². The van der Waals surface area contributed by atoms with Gasteiger partial charge in [0.1, 0.15) is 5.82 Å². The topological polar surface area (TPSA) is 78.0 Å². The number of aromatic nitrogens is 2. The van der Waals surface area contributed by atoms with Gasteiger partial charge in [-0.15, -0.1) is 0 Å². The third kappa shape index (κ3) is 3.31. The minimum atomic E-state index is -3.48. The van der Waals surface area contributed by atoms with Crippen LogP contribution < -0.4 is 5.73 Å². The van der Waals surface area contributed by atoms with Crippen LogP contribution in [0.1, 0.15) is 6.42 Å². The number of halogens is 1. The van der Waals surface area contributed by atoms with Gasteiger partial charge in [0.15, 0.2) is 9.84 Å². The van der Waals surface area contributed by atoms with Crippen LogP contribution in [0.3, 0.4) is 0 Å². The molecule has 0 saturated heterocycles. The molecule has 0 aliphatic carbocycles. The van der Waals surface area contributed by atoms with Gasteiger partial charge < -0.3 is 10.3 Å². The number of nitrogen functional groups attached to an aromatic ring is 1. The third-order valence-corrected chi connectivity index (χ3v) is 4.52. The second kappa shape index (κ2) is 5.40. The van der Waals surface area contributed by atoms with Gasteiger partial charge in [0.2, 0.25) is 0 Å². The van der Waals surface area contributed by atoms with Crippen LogP contribution in [0.25, 0.3) is 0 Å². The van der Waals surface area contributed by atoms with E-state index in [1.807, 2.05) is 0 Å². The Morgan fingerprint density at radius 2 is 2.16 bits per heavy atom. The summed E-state index contributed by atoms with van der Waals surface area (Å²) in [6.07, 6.45) is 5.44. The predicted molar refractivity (Wildman–Crippen MR) is 69.7 cm³/mol. The number of hydrogen-bond acceptors (Lipinski definition) is 4. The summed E-state index contributed by atoms with van der Waals surface area (Å²) in [5.74, 6) is -0.759. The molecule has 1 aromatic carbocycles. The lowest BCUT2D eigenvalue weighted by atomic mass is 10.3. The maximum Gasteiger partial charge on any atom is 0.178 e. The van der Waals surface area contributed by atoms with E-state index in [9.17, 15) is 12.8 Å². The first kappa shape index (κ1) is 13.5. The van der Waals surface area contributed by atoms with Crippen LogP contribution in [0.4, 0.5) is 10.1 Å². The highest BCUT2D eigenvalue weighted by molar-refractivity contribution is 7.91. The molecule has 0 aliphatic rings. The number of nitrogens with zero attached hydrogens (tertiary/aromatic N) is 2. The van der Waals surface area contributed by atoms with E-state index in [0.29, 0.717) is 13.0 Å². The fourth-order valence-corrected chi connectivity index (χ4v) is 2.98. The monoisotopic (exact) mass is 283 g/mol. The van der Waals surface area contributed by atoms with E-state index < -0.39 is 15.7 Å². The normalized spacial score (nSPS) is 11.6. The van der Waals surface area contributed by atoms with Crippen LogP contribution in [-0.2, 0) is 16.4 Å². The minimum Gasteiger partial charge on any atom is -0.396 e. The number of benzene rings is 1. The zero-order chi connectivity index (χ0) is 13.9. The molecule has 0 saturated carbocycles. The number of anilines is 1. The van der Waals surface area contributed by atoms with E-state index >= 15 is 0 Å². The van der Waals surface area contributed by atoms with Crippen molar-refractivity contribution in [1.82, 2.24) is 9.55 Å². The van der Waals surface area contributed by atoms with Gasteiger partial charge in [-0.1, -0.05) is 0 Å². The van der Waals surface area contributed by atoms with Gasteiger partial charge in [-0.25, -0.2) is 17.8 Å². The number of imidazole rings is 1. The molecule has 1 heterocycles. The van der Waals surface area contributed by atoms with Gasteiger partial charge in [0, 0.05) is 18.9 Å². The molecule has 2 N–H and O–H groups in total. The van der Waals surface area contributed by atoms with Crippen LogP contribution in [0.15, 0.2) is 41.8 Å². The molecule has 0 atom stereocenters. The van der Waals surface area contributed by atoms with Crippen LogP contribution in [0, 0.1) is 5.82 Å². The molecule has 1 aromatic heterocycles. The van der Waals surface area contributed by atoms with Crippen LogP contribution >= 0.6 is 0 Å². The van der Waals surface area contributed by atoms with Crippen molar-refractivity contribution in [3.63, 3.8) is 0 Å². The van der Waals surface area contributed by atoms with Crippen LogP contribution in [-0.4, -0.2) is 23.7 Å². The fourth-order valence-electron chi connectivity index (χ4n) is 1.68. The van der Waals surface area contributed by atoms with Crippen molar-refractivity contribution < 1.29 is 12.8 Å². The Kier molecular flexibility index (Phi) is 3.84. The molecule has 2 rings (SSSR count). The fraction of sp³-hybridized carbons (Fsp3) is 0.250. The van der Waals surface area contributed by atoms with Crippen molar-refractivity contribution in [1.29, 1.82) is 0 Å². The Labute approximate surface area is 110 Å². The average Bonchev–Trinajstić information content (AvgIpc) is 2.85. The number of aryl methyl sites for hydroxylation is 1. The van der Waals surface area contributed by atoms with E-state index in [4.69, 9.17) is 5.73 Å². The smallest absolute Gasteiger partial charge is 0.178 e. The highest BCUT2D eigenvalue weighted by Gasteiger charge is 2.15. The van der Waals surface area contributed by atoms with Crippen molar-refractivity contribution in [3.8, 4) is 0 Å². The van der Waals surface area contributed by atoms with Crippen LogP contribution in [0.2, 0.25) is 0 Å². The summed E-state index contributed by atoms with van der Waals surface area (Å²) in [5, 5.41) is 0. The molecule has 0 bridgehead atoms. The highest BCUT2D eigenvalue weighted by atomic mass is 32.2. The van der Waals surface area contributed by atoms with Crippen molar-refractivity contribution >= 4 is 15.5 Å². The van der Waals surface area contributed by atoms with Gasteiger partial charge in [-0.2, -0.15) is 0 Å². The van der Waals surface area contributed by atoms with Crippen molar-refractivity contribution in [2.24, 2.45) is 0 Å². The quantitative estimate of drug-likeness (QED) is 0.843. The van der Waals surface area contributed by atoms with Crippen molar-refractivity contribution in [2.45, 2.75) is 17.9 Å². The first-order valence-electron chi connectivity index (χ1n) is 5.72. The lowest BCUT2D eigenvalue weighted by Gasteiger charge is -2.06. The number of sulfone groups is 1. The van der Waals surface area contributed by atoms with Gasteiger partial charge >= 0.3 is 0 Å². The predicted octanol–water partition coefficient (Wildman–Crippen LogP) is 1.47. The second-order valence-corrected chi connectivity index (χ2v) is 6.27. The lowest BCUT2D eigenvalue weighted by Crippen LogP contribution is -2.10. The highest BCUT2D eigenvalue weighted by Crippen LogP contribution is 2.18. The summed E-state index contributed by atoms with van der Waals surface area (Å²) in [7, 11) is -3.48. The Bertz CT molecular complexity index is 654. The molecule has 5 nitrogen and oxygen atoms in total. The number of nitrogens with two attached hydrogens (primary N) is 1. The van der Waals surface area contributed by atoms with Gasteiger partial charge in [0.25, 0.3) is 0 Å². The average molecular weight is 283 g/mol. The van der Waals surface area contributed by atoms with E-state index in [0.717, 1.165) is 6.07 Å². The summed E-state index contributed by atoms with van der Waals surface area (Å²) in [5.41, 5.74) is 5.26. The number of rotatable bonds is 5. The molecule has 0 aliphatic heterocycles. The van der Waals surface area contributed by atoms with Crippen LogP contribution in [0.5, 0.6) is 0 Å². The molecule has 0 radical (unpaired) electrons. The molecule has 0 fully saturated rings. The summed E-state index contributed by atoms with van der Waals surface area (Å²) in [4.78, 5) is 3.83. The Morgan fingerprint density at radius 3 is 2.79 bits per heavy atom. The first-order chi connectivity index (χ1) is 8.99. The second-order valence-electron chi connectivity index (χ2n) is 4.16. The summed E-state index contributed by atoms with van der Waals surface area (Å²) < 4.78 is 39.0. The Hall–Kier alpha value is -1.89. The van der Waals surface area contributed by atoms with E-state index in [1.165, 1.54) is 12.1 Å². The SMILES string of the molecule is Nc1ccc(S(=O)(=O)CCCn2ccnc2)cc1F. The molecule has 102 valence electrons. The van der Waals surface area contributed by atoms with Gasteiger partial charge in [0.05, 0.1) is 22.7 Å². The van der Waals surface area contributed by atoms with E-state index in [2.05, 4.69) is 4.98 Å².